The largest absolute Gasteiger partial charge is 0.372 e. The smallest absolute Gasteiger partial charge is 0.238 e. The second-order valence-corrected chi connectivity index (χ2v) is 9.83. The molecular formula is C28H31FN4O. The molecule has 1 saturated carbocycles. The van der Waals surface area contributed by atoms with Crippen molar-refractivity contribution in [2.24, 2.45) is 5.92 Å². The Morgan fingerprint density at radius 3 is 2.53 bits per heavy atom. The van der Waals surface area contributed by atoms with Gasteiger partial charge in [-0.25, -0.2) is 4.39 Å². The van der Waals surface area contributed by atoms with Crippen molar-refractivity contribution >= 4 is 11.6 Å². The Labute approximate surface area is 200 Å². The SMILES string of the molecule is C=C(c1ccc(-c2ccc(C[C@@H](C#N)NC(=O)[C@H]3N[C@@H]4CC[C@H]3C4)c(F)c2)cc1)N1CCCC1. The first-order valence-corrected chi connectivity index (χ1v) is 12.3. The lowest BCUT2D eigenvalue weighted by Gasteiger charge is -2.23. The standard InChI is InChI=1S/C28H31FN4O/c1-18(33-12-2-3-13-33)19-4-6-20(7-5-19)21-8-9-22(26(29)16-21)14-25(17-30)32-28(34)27-23-10-11-24(15-23)31-27/h4-9,16,23-25,27,31H,1-3,10-15H2,(H,32,34)/t23-,24+,25-,27-/m0/s1. The number of nitriles is 1. The van der Waals surface area contributed by atoms with E-state index in [1.807, 2.05) is 30.3 Å². The fourth-order valence-corrected chi connectivity index (χ4v) is 5.68. The highest BCUT2D eigenvalue weighted by atomic mass is 19.1. The van der Waals surface area contributed by atoms with Crippen molar-refractivity contribution in [1.82, 2.24) is 15.5 Å². The highest BCUT2D eigenvalue weighted by Crippen LogP contribution is 2.35. The van der Waals surface area contributed by atoms with Gasteiger partial charge in [-0.05, 0) is 66.3 Å². The molecule has 3 fully saturated rings. The lowest BCUT2D eigenvalue weighted by atomic mass is 9.97. The number of benzene rings is 2. The number of carbonyl (C=O) groups is 1. The van der Waals surface area contributed by atoms with Crippen LogP contribution in [-0.2, 0) is 11.2 Å². The molecule has 0 radical (unpaired) electrons. The highest BCUT2D eigenvalue weighted by molar-refractivity contribution is 5.83. The van der Waals surface area contributed by atoms with E-state index in [2.05, 4.69) is 28.2 Å². The van der Waals surface area contributed by atoms with Crippen molar-refractivity contribution in [3.63, 3.8) is 0 Å². The Hall–Kier alpha value is -3.17. The third-order valence-electron chi connectivity index (χ3n) is 7.63. The van der Waals surface area contributed by atoms with Crippen LogP contribution in [0.5, 0.6) is 0 Å². The second kappa shape index (κ2) is 9.60. The van der Waals surface area contributed by atoms with Crippen LogP contribution in [0.4, 0.5) is 4.39 Å². The molecule has 2 heterocycles. The van der Waals surface area contributed by atoms with Gasteiger partial charge in [-0.3, -0.25) is 4.79 Å². The van der Waals surface area contributed by atoms with Gasteiger partial charge >= 0.3 is 0 Å². The van der Waals surface area contributed by atoms with Gasteiger partial charge in [0.05, 0.1) is 12.1 Å². The van der Waals surface area contributed by atoms with Crippen molar-refractivity contribution < 1.29 is 9.18 Å². The van der Waals surface area contributed by atoms with E-state index in [-0.39, 0.29) is 24.2 Å². The summed E-state index contributed by atoms with van der Waals surface area (Å²) in [5, 5.41) is 15.7. The first-order valence-electron chi connectivity index (χ1n) is 12.3. The van der Waals surface area contributed by atoms with Crippen molar-refractivity contribution in [2.75, 3.05) is 13.1 Å². The van der Waals surface area contributed by atoms with Gasteiger partial charge in [-0.2, -0.15) is 5.26 Å². The molecule has 5 nitrogen and oxygen atoms in total. The number of rotatable bonds is 7. The first-order chi connectivity index (χ1) is 16.5. The zero-order valence-corrected chi connectivity index (χ0v) is 19.4. The van der Waals surface area contributed by atoms with Gasteiger partial charge in [0, 0.05) is 31.2 Å². The van der Waals surface area contributed by atoms with Crippen molar-refractivity contribution in [1.29, 1.82) is 5.26 Å². The summed E-state index contributed by atoms with van der Waals surface area (Å²) >= 11 is 0. The van der Waals surface area contributed by atoms with Gasteiger partial charge in [0.2, 0.25) is 5.91 Å². The Balaban J connectivity index is 1.23. The van der Waals surface area contributed by atoms with Crippen molar-refractivity contribution in [2.45, 2.75) is 56.7 Å². The van der Waals surface area contributed by atoms with E-state index >= 15 is 0 Å². The summed E-state index contributed by atoms with van der Waals surface area (Å²) in [6, 6.07) is 14.7. The second-order valence-electron chi connectivity index (χ2n) is 9.83. The molecule has 176 valence electrons. The molecule has 3 aliphatic rings. The van der Waals surface area contributed by atoms with E-state index in [0.29, 0.717) is 17.5 Å². The number of halogens is 1. The van der Waals surface area contributed by atoms with E-state index in [9.17, 15) is 14.4 Å². The molecule has 1 amide bonds. The lowest BCUT2D eigenvalue weighted by Crippen LogP contribution is -2.50. The summed E-state index contributed by atoms with van der Waals surface area (Å²) in [5.41, 5.74) is 4.26. The molecule has 2 aromatic carbocycles. The van der Waals surface area contributed by atoms with Gasteiger partial charge in [0.1, 0.15) is 11.9 Å². The number of carbonyl (C=O) groups excluding carboxylic acids is 1. The van der Waals surface area contributed by atoms with Crippen LogP contribution >= 0.6 is 0 Å². The van der Waals surface area contributed by atoms with Crippen LogP contribution in [0.15, 0.2) is 49.0 Å². The number of nitrogens with zero attached hydrogens (tertiary/aromatic N) is 2. The van der Waals surface area contributed by atoms with Gasteiger partial charge in [-0.1, -0.05) is 43.0 Å². The Morgan fingerprint density at radius 1 is 1.18 bits per heavy atom. The third kappa shape index (κ3) is 4.58. The summed E-state index contributed by atoms with van der Waals surface area (Å²) in [4.78, 5) is 15.0. The normalized spacial score (nSPS) is 24.1. The van der Waals surface area contributed by atoms with E-state index in [1.165, 1.54) is 18.9 Å². The number of hydrogen-bond donors (Lipinski definition) is 2. The van der Waals surface area contributed by atoms with Crippen LogP contribution in [0, 0.1) is 23.1 Å². The highest BCUT2D eigenvalue weighted by Gasteiger charge is 2.43. The van der Waals surface area contributed by atoms with Gasteiger partial charge < -0.3 is 15.5 Å². The molecule has 4 atom stereocenters. The van der Waals surface area contributed by atoms with Crippen LogP contribution in [0.1, 0.15) is 43.2 Å². The predicted octanol–water partition coefficient (Wildman–Crippen LogP) is 4.25. The fourth-order valence-electron chi connectivity index (χ4n) is 5.68. The Morgan fingerprint density at radius 2 is 1.91 bits per heavy atom. The number of fused-ring (bicyclic) bond motifs is 2. The average Bonchev–Trinajstić information content (AvgIpc) is 3.63. The van der Waals surface area contributed by atoms with E-state index in [1.54, 1.807) is 6.07 Å². The molecule has 0 spiro atoms. The van der Waals surface area contributed by atoms with Crippen LogP contribution in [-0.4, -0.2) is 42.0 Å². The maximum atomic E-state index is 14.9. The average molecular weight is 459 g/mol. The zero-order valence-electron chi connectivity index (χ0n) is 19.4. The first kappa shape index (κ1) is 22.6. The molecular weight excluding hydrogens is 427 g/mol. The summed E-state index contributed by atoms with van der Waals surface area (Å²) in [6.45, 7) is 6.34. The van der Waals surface area contributed by atoms with E-state index in [4.69, 9.17) is 0 Å². The lowest BCUT2D eigenvalue weighted by molar-refractivity contribution is -0.124. The minimum absolute atomic E-state index is 0.143. The fraction of sp³-hybridized carbons (Fsp3) is 0.429. The summed E-state index contributed by atoms with van der Waals surface area (Å²) in [7, 11) is 0. The number of piperidine rings is 1. The third-order valence-corrected chi connectivity index (χ3v) is 7.63. The van der Waals surface area contributed by atoms with Crippen molar-refractivity contribution in [3.8, 4) is 17.2 Å². The predicted molar refractivity (Wildman–Crippen MR) is 131 cm³/mol. The minimum Gasteiger partial charge on any atom is -0.372 e. The number of likely N-dealkylation sites (tertiary alicyclic amines) is 1. The molecule has 34 heavy (non-hydrogen) atoms. The van der Waals surface area contributed by atoms with Gasteiger partial charge in [0.25, 0.3) is 0 Å². The molecule has 0 aromatic heterocycles. The molecule has 2 N–H and O–H groups in total. The molecule has 0 unspecified atom stereocenters. The van der Waals surface area contributed by atoms with Gasteiger partial charge in [0.15, 0.2) is 0 Å². The number of amides is 1. The van der Waals surface area contributed by atoms with E-state index in [0.717, 1.165) is 54.7 Å². The van der Waals surface area contributed by atoms with Crippen LogP contribution in [0.3, 0.4) is 0 Å². The number of hydrogen-bond acceptors (Lipinski definition) is 4. The maximum Gasteiger partial charge on any atom is 0.238 e. The summed E-state index contributed by atoms with van der Waals surface area (Å²) in [6.07, 6.45) is 5.75. The summed E-state index contributed by atoms with van der Waals surface area (Å²) < 4.78 is 14.9. The summed E-state index contributed by atoms with van der Waals surface area (Å²) in [5.74, 6) is -0.166. The monoisotopic (exact) mass is 458 g/mol. The van der Waals surface area contributed by atoms with Crippen LogP contribution in [0.2, 0.25) is 0 Å². The van der Waals surface area contributed by atoms with Gasteiger partial charge in [-0.15, -0.1) is 0 Å². The van der Waals surface area contributed by atoms with E-state index < -0.39 is 6.04 Å². The van der Waals surface area contributed by atoms with Crippen LogP contribution < -0.4 is 10.6 Å². The topological polar surface area (TPSA) is 68.2 Å². The quantitative estimate of drug-likeness (QED) is 0.651. The maximum absolute atomic E-state index is 14.9. The van der Waals surface area contributed by atoms with Crippen LogP contribution in [0.25, 0.3) is 16.8 Å². The Kier molecular flexibility index (Phi) is 6.38. The minimum atomic E-state index is -0.760. The van der Waals surface area contributed by atoms with Crippen molar-refractivity contribution in [3.05, 3.63) is 66.0 Å². The zero-order chi connectivity index (χ0) is 23.7. The number of nitrogens with one attached hydrogen (secondary N) is 2. The molecule has 2 saturated heterocycles. The molecule has 2 aromatic rings. The molecule has 6 heteroatoms. The molecule has 2 aliphatic heterocycles. The Bertz CT molecular complexity index is 1120. The molecule has 5 rings (SSSR count). The molecule has 1 aliphatic carbocycles. The molecule has 2 bridgehead atoms.